The first-order chi connectivity index (χ1) is 41.4. The van der Waals surface area contributed by atoms with Gasteiger partial charge in [0.1, 0.15) is 6.10 Å². The van der Waals surface area contributed by atoms with Crippen LogP contribution in [-0.2, 0) is 14.3 Å². The Labute approximate surface area is 564 Å². The fraction of sp³-hybridized carbons (Fsp3) is 0.987. The van der Waals surface area contributed by atoms with Gasteiger partial charge in [-0.3, -0.25) is 4.79 Å². The molecule has 89 heavy (non-hydrogen) atoms. The van der Waals surface area contributed by atoms with Gasteiger partial charge in [-0.05, 0) is 177 Å². The number of rotatable bonds is 52. The average molecular weight is 1270 g/mol. The van der Waals surface area contributed by atoms with Crippen LogP contribution in [0.15, 0.2) is 0 Å². The molecule has 1 rings (SSSR count). The van der Waals surface area contributed by atoms with Gasteiger partial charge in [-0.1, -0.05) is 252 Å². The fourth-order valence-corrected chi connectivity index (χ4v) is 12.2. The highest BCUT2D eigenvalue weighted by Crippen LogP contribution is 2.31. The zero-order valence-corrected chi connectivity index (χ0v) is 63.7. The van der Waals surface area contributed by atoms with Gasteiger partial charge < -0.3 is 46.3 Å². The Morgan fingerprint density at radius 3 is 1.11 bits per heavy atom. The zero-order valence-electron chi connectivity index (χ0n) is 63.7. The van der Waals surface area contributed by atoms with Crippen LogP contribution in [0.1, 0.15) is 364 Å². The van der Waals surface area contributed by atoms with Crippen molar-refractivity contribution in [2.45, 2.75) is 393 Å². The summed E-state index contributed by atoms with van der Waals surface area (Å²) in [7, 11) is 8.55. The standard InChI is InChI=1S/C24H51N.C21H41NO2.C16H35N.C10H24N2.C6H16N2O.2CH4/c1-7-13-16-22(10-4)19-25(20-23(11-5)17-14-8-2)21-24(12-6)18-15-9-3;1-6-7-8-9-10-11-12-13-14-15-19(23)24-18-16-20(2,3)22-21(4,5)17-18;1-5-9-11-15(7-3)13-17-14-16(8-4)12-10-6-2;1-11(2)9-7-5-6-8-10-12(3)4;1-5(8)4-9-6(2)3-7;;/h22-24H,7-21H2,1-6H3;18,22H,6-17H2,1-5H3;15-17H,5-14H2,1-4H3;5-10H2,1-4H3;5-6H,3-4,7-8H2,1-2H3;2*1H4. The van der Waals surface area contributed by atoms with Crippen molar-refractivity contribution in [2.24, 2.45) is 41.1 Å². The third kappa shape index (κ3) is 71.3. The molecule has 0 aromatic carbocycles. The van der Waals surface area contributed by atoms with Gasteiger partial charge in [-0.15, -0.1) is 0 Å². The molecule has 0 aromatic heterocycles. The van der Waals surface area contributed by atoms with Crippen LogP contribution in [0.3, 0.4) is 0 Å². The summed E-state index contributed by atoms with van der Waals surface area (Å²) < 4.78 is 11.0. The molecular formula is C79H175N7O3. The molecule has 1 fully saturated rings. The van der Waals surface area contributed by atoms with Crippen LogP contribution < -0.4 is 22.1 Å². The van der Waals surface area contributed by atoms with Gasteiger partial charge >= 0.3 is 5.97 Å². The molecule has 1 heterocycles. The second-order valence-corrected chi connectivity index (χ2v) is 29.3. The van der Waals surface area contributed by atoms with Crippen LogP contribution >= 0.6 is 0 Å². The summed E-state index contributed by atoms with van der Waals surface area (Å²) in [6.45, 7) is 48.5. The SMILES string of the molecule is C.C.CC(N)COC(C)CN.CCCCC(CC)CN(CC(CC)CCCC)CC(CC)CCCC.CCCCC(CC)CNCC(CC)CCCC.CCCCCCCCCCCC(=O)OC1CC(C)(C)NC(C)(C)C1.CN(C)CCCCCCN(C)C. The van der Waals surface area contributed by atoms with Gasteiger partial charge in [-0.25, -0.2) is 0 Å². The minimum Gasteiger partial charge on any atom is -0.462 e. The van der Waals surface area contributed by atoms with E-state index in [2.05, 4.69) is 157 Å². The zero-order chi connectivity index (χ0) is 66.6. The van der Waals surface area contributed by atoms with Crippen molar-refractivity contribution in [3.05, 3.63) is 0 Å². The molecule has 0 saturated carbocycles. The second-order valence-electron chi connectivity index (χ2n) is 29.3. The van der Waals surface area contributed by atoms with Crippen molar-refractivity contribution in [1.29, 1.82) is 0 Å². The van der Waals surface area contributed by atoms with Crippen LogP contribution in [0.25, 0.3) is 0 Å². The third-order valence-electron chi connectivity index (χ3n) is 18.0. The van der Waals surface area contributed by atoms with Crippen molar-refractivity contribution in [3.63, 3.8) is 0 Å². The van der Waals surface area contributed by atoms with E-state index >= 15 is 0 Å². The molecule has 10 heteroatoms. The van der Waals surface area contributed by atoms with Crippen LogP contribution in [0.2, 0.25) is 0 Å². The predicted molar refractivity (Wildman–Crippen MR) is 405 cm³/mol. The minimum absolute atomic E-state index is 0. The van der Waals surface area contributed by atoms with E-state index in [1.165, 1.54) is 245 Å². The highest BCUT2D eigenvalue weighted by molar-refractivity contribution is 5.69. The monoisotopic (exact) mass is 1270 g/mol. The van der Waals surface area contributed by atoms with Gasteiger partial charge in [0, 0.05) is 62.6 Å². The number of nitrogens with two attached hydrogens (primary N) is 2. The summed E-state index contributed by atoms with van der Waals surface area (Å²) in [5.74, 6) is 4.53. The van der Waals surface area contributed by atoms with Crippen molar-refractivity contribution < 1.29 is 14.3 Å². The number of unbranched alkanes of at least 4 members (excludes halogenated alkanes) is 16. The minimum atomic E-state index is -0.00329. The maximum Gasteiger partial charge on any atom is 0.306 e. The number of ether oxygens (including phenoxy) is 2. The summed E-state index contributed by atoms with van der Waals surface area (Å²) in [5.41, 5.74) is 10.8. The lowest BCUT2D eigenvalue weighted by atomic mass is 9.81. The molecule has 0 aromatic rings. The number of piperidine rings is 1. The van der Waals surface area contributed by atoms with E-state index in [0.29, 0.717) is 19.6 Å². The van der Waals surface area contributed by atoms with Gasteiger partial charge in [0.2, 0.25) is 0 Å². The first kappa shape index (κ1) is 99.2. The number of hydrogen-bond acceptors (Lipinski definition) is 10. The molecule has 10 nitrogen and oxygen atoms in total. The first-order valence-electron chi connectivity index (χ1n) is 38.2. The van der Waals surface area contributed by atoms with Gasteiger partial charge in [-0.2, -0.15) is 0 Å². The van der Waals surface area contributed by atoms with Crippen LogP contribution in [0.4, 0.5) is 0 Å². The second kappa shape index (κ2) is 70.0. The topological polar surface area (TPSA) is 121 Å². The van der Waals surface area contributed by atoms with Crippen molar-refractivity contribution in [2.75, 3.05) is 87.2 Å². The molecule has 0 amide bonds. The predicted octanol–water partition coefficient (Wildman–Crippen LogP) is 21.3. The van der Waals surface area contributed by atoms with Gasteiger partial charge in [0.15, 0.2) is 0 Å². The Balaban J connectivity index is -0.000000251. The molecule has 7 atom stereocenters. The fourth-order valence-electron chi connectivity index (χ4n) is 12.2. The van der Waals surface area contributed by atoms with E-state index < -0.39 is 0 Å². The largest absolute Gasteiger partial charge is 0.462 e. The van der Waals surface area contributed by atoms with Gasteiger partial charge in [0.25, 0.3) is 0 Å². The highest BCUT2D eigenvalue weighted by atomic mass is 16.5. The van der Waals surface area contributed by atoms with Gasteiger partial charge in [0.05, 0.1) is 12.7 Å². The number of nitrogens with zero attached hydrogens (tertiary/aromatic N) is 3. The summed E-state index contributed by atoms with van der Waals surface area (Å²) in [6, 6.07) is 0.110. The van der Waals surface area contributed by atoms with Crippen LogP contribution in [-0.4, -0.2) is 137 Å². The molecular weight excluding hydrogens is 1090 g/mol. The Hall–Kier alpha value is -0.850. The van der Waals surface area contributed by atoms with Crippen molar-refractivity contribution in [1.82, 2.24) is 25.3 Å². The average Bonchev–Trinajstić information content (AvgIpc) is 0.957. The number of hydrogen-bond donors (Lipinski definition) is 4. The summed E-state index contributed by atoms with van der Waals surface area (Å²) >= 11 is 0. The first-order valence-corrected chi connectivity index (χ1v) is 38.2. The summed E-state index contributed by atoms with van der Waals surface area (Å²) in [5, 5.41) is 7.33. The lowest BCUT2D eigenvalue weighted by Gasteiger charge is -2.45. The van der Waals surface area contributed by atoms with E-state index in [4.69, 9.17) is 20.9 Å². The van der Waals surface area contributed by atoms with E-state index in [9.17, 15) is 4.79 Å². The molecule has 0 bridgehead atoms. The van der Waals surface area contributed by atoms with E-state index in [1.54, 1.807) is 0 Å². The van der Waals surface area contributed by atoms with E-state index in [0.717, 1.165) is 55.3 Å². The third-order valence-corrected chi connectivity index (χ3v) is 18.0. The van der Waals surface area contributed by atoms with Crippen LogP contribution in [0, 0.1) is 29.6 Å². The molecule has 1 aliphatic heterocycles. The smallest absolute Gasteiger partial charge is 0.306 e. The molecule has 544 valence electrons. The Bertz CT molecular complexity index is 1280. The van der Waals surface area contributed by atoms with Crippen molar-refractivity contribution >= 4 is 5.97 Å². The summed E-state index contributed by atoms with van der Waals surface area (Å²) in [6.07, 6.45) is 47.1. The number of nitrogens with one attached hydrogen (secondary N) is 2. The summed E-state index contributed by atoms with van der Waals surface area (Å²) in [4.78, 5) is 19.5. The Morgan fingerprint density at radius 2 is 0.809 bits per heavy atom. The molecule has 0 spiro atoms. The number of carbonyl (C=O) groups is 1. The maximum absolute atomic E-state index is 12.1. The quantitative estimate of drug-likeness (QED) is 0.0346. The van der Waals surface area contributed by atoms with Crippen LogP contribution in [0.5, 0.6) is 0 Å². The maximum atomic E-state index is 12.1. The highest BCUT2D eigenvalue weighted by Gasteiger charge is 2.39. The van der Waals surface area contributed by atoms with Crippen molar-refractivity contribution in [3.8, 4) is 0 Å². The molecule has 1 saturated heterocycles. The molecule has 6 N–H and O–H groups in total. The Kier molecular flexibility index (Phi) is 78.0. The Morgan fingerprint density at radius 1 is 0.494 bits per heavy atom. The molecule has 7 unspecified atom stereocenters. The number of carbonyl (C=O) groups excluding carboxylic acids is 1. The molecule has 1 aliphatic rings. The molecule has 0 aliphatic carbocycles. The number of esters is 1. The lowest BCUT2D eigenvalue weighted by molar-refractivity contribution is -0.153. The molecule has 0 radical (unpaired) electrons. The van der Waals surface area contributed by atoms with E-state index in [-0.39, 0.29) is 50.2 Å². The normalized spacial score (nSPS) is 15.9. The lowest BCUT2D eigenvalue weighted by Crippen LogP contribution is -2.59. The van der Waals surface area contributed by atoms with E-state index in [1.807, 2.05) is 13.8 Å².